The third kappa shape index (κ3) is 6.80. The minimum absolute atomic E-state index is 0.0160. The first-order chi connectivity index (χ1) is 16.1. The highest BCUT2D eigenvalue weighted by molar-refractivity contribution is 8.04. The molecule has 1 aromatic carbocycles. The van der Waals surface area contributed by atoms with Crippen molar-refractivity contribution in [2.24, 2.45) is 0 Å². The highest BCUT2D eigenvalue weighted by Gasteiger charge is 2.33. The molecule has 0 bridgehead atoms. The van der Waals surface area contributed by atoms with Crippen LogP contribution in [0, 0.1) is 13.8 Å². The standard InChI is InChI=1S/C18H24F3N3S.C6H6N2O/c1-11-7-13(9-14(8-11)18(19,20)21)16-15(25-17(22-3)23-16)10-24-6-4-5-12(24)2;1-5-2-8-6(4-9)3-7-5/h7-9,12,17,22-23H,4-6,10H2,1-3H3;2-4H,1H3. The number of aryl methyl sites for hydroxylation is 2. The van der Waals surface area contributed by atoms with E-state index >= 15 is 0 Å². The van der Waals surface area contributed by atoms with Crippen LogP contribution in [0.4, 0.5) is 13.2 Å². The van der Waals surface area contributed by atoms with Crippen molar-refractivity contribution in [2.45, 2.75) is 51.3 Å². The Morgan fingerprint density at radius 1 is 1.24 bits per heavy atom. The summed E-state index contributed by atoms with van der Waals surface area (Å²) in [6, 6.07) is 4.79. The van der Waals surface area contributed by atoms with Gasteiger partial charge in [-0.1, -0.05) is 11.8 Å². The van der Waals surface area contributed by atoms with Gasteiger partial charge in [0.15, 0.2) is 6.29 Å². The zero-order valence-electron chi connectivity index (χ0n) is 19.7. The second kappa shape index (κ2) is 11.3. The summed E-state index contributed by atoms with van der Waals surface area (Å²) in [6.45, 7) is 7.57. The Kier molecular flexibility index (Phi) is 8.72. The molecule has 3 heterocycles. The maximum atomic E-state index is 13.2. The number of hydrogen-bond acceptors (Lipinski definition) is 7. The summed E-state index contributed by atoms with van der Waals surface area (Å²) in [5.41, 5.74) is 2.63. The molecule has 0 saturated carbocycles. The van der Waals surface area contributed by atoms with Crippen molar-refractivity contribution in [3.63, 3.8) is 0 Å². The molecule has 1 fully saturated rings. The van der Waals surface area contributed by atoms with Crippen LogP contribution in [0.25, 0.3) is 5.70 Å². The molecule has 184 valence electrons. The van der Waals surface area contributed by atoms with E-state index in [4.69, 9.17) is 0 Å². The van der Waals surface area contributed by atoms with E-state index in [0.29, 0.717) is 29.1 Å². The van der Waals surface area contributed by atoms with Gasteiger partial charge in [0.25, 0.3) is 0 Å². The molecule has 1 aromatic heterocycles. The van der Waals surface area contributed by atoms with Crippen molar-refractivity contribution in [1.82, 2.24) is 25.5 Å². The molecular formula is C24H30F3N5OS. The largest absolute Gasteiger partial charge is 0.416 e. The van der Waals surface area contributed by atoms with Crippen LogP contribution in [0.1, 0.15) is 52.6 Å². The summed E-state index contributed by atoms with van der Waals surface area (Å²) in [6.07, 6.45) is 1.70. The van der Waals surface area contributed by atoms with E-state index in [9.17, 15) is 18.0 Å². The Labute approximate surface area is 202 Å². The van der Waals surface area contributed by atoms with E-state index < -0.39 is 11.7 Å². The molecule has 2 unspecified atom stereocenters. The van der Waals surface area contributed by atoms with E-state index in [-0.39, 0.29) is 5.50 Å². The first-order valence-electron chi connectivity index (χ1n) is 11.1. The zero-order valence-corrected chi connectivity index (χ0v) is 20.6. The molecule has 6 nitrogen and oxygen atoms in total. The van der Waals surface area contributed by atoms with Crippen LogP contribution < -0.4 is 10.6 Å². The Hall–Kier alpha value is -2.43. The van der Waals surface area contributed by atoms with Crippen molar-refractivity contribution in [3.05, 3.63) is 63.6 Å². The number of aldehydes is 1. The minimum atomic E-state index is -4.33. The molecule has 2 aromatic rings. The first-order valence-corrected chi connectivity index (χ1v) is 12.0. The van der Waals surface area contributed by atoms with Crippen molar-refractivity contribution in [1.29, 1.82) is 0 Å². The maximum absolute atomic E-state index is 13.2. The number of halogens is 3. The summed E-state index contributed by atoms with van der Waals surface area (Å²) in [5, 5.41) is 6.50. The highest BCUT2D eigenvalue weighted by Crippen LogP contribution is 2.38. The van der Waals surface area contributed by atoms with Gasteiger partial charge in [0, 0.05) is 23.7 Å². The Balaban J connectivity index is 0.000000302. The number of carbonyl (C=O) groups is 1. The highest BCUT2D eigenvalue weighted by atomic mass is 32.2. The molecule has 0 radical (unpaired) electrons. The molecule has 1 saturated heterocycles. The molecule has 0 amide bonds. The molecule has 0 spiro atoms. The van der Waals surface area contributed by atoms with Crippen LogP contribution in [0.2, 0.25) is 0 Å². The van der Waals surface area contributed by atoms with E-state index in [1.54, 1.807) is 24.9 Å². The lowest BCUT2D eigenvalue weighted by molar-refractivity contribution is -0.137. The quantitative estimate of drug-likeness (QED) is 0.590. The van der Waals surface area contributed by atoms with Crippen LogP contribution in [-0.2, 0) is 6.18 Å². The molecule has 2 N–H and O–H groups in total. The first kappa shape index (κ1) is 26.2. The lowest BCUT2D eigenvalue weighted by Gasteiger charge is -2.22. The zero-order chi connectivity index (χ0) is 24.9. The van der Waals surface area contributed by atoms with Crippen LogP contribution in [0.15, 0.2) is 35.5 Å². The third-order valence-electron chi connectivity index (χ3n) is 5.73. The molecular weight excluding hydrogens is 463 g/mol. The topological polar surface area (TPSA) is 70.2 Å². The molecule has 34 heavy (non-hydrogen) atoms. The summed E-state index contributed by atoms with van der Waals surface area (Å²) >= 11 is 1.66. The third-order valence-corrected chi connectivity index (χ3v) is 6.94. The Morgan fingerprint density at radius 3 is 2.56 bits per heavy atom. The predicted molar refractivity (Wildman–Crippen MR) is 129 cm³/mol. The van der Waals surface area contributed by atoms with E-state index in [1.807, 2.05) is 20.0 Å². The smallest absolute Gasteiger partial charge is 0.360 e. The summed E-state index contributed by atoms with van der Waals surface area (Å²) in [5.74, 6) is 0. The Morgan fingerprint density at radius 2 is 2.00 bits per heavy atom. The fraction of sp³-hybridized carbons (Fsp3) is 0.458. The average Bonchev–Trinajstić information content (AvgIpc) is 3.40. The molecule has 4 rings (SSSR count). The number of thioether (sulfide) groups is 1. The van der Waals surface area contributed by atoms with Gasteiger partial charge in [-0.3, -0.25) is 20.0 Å². The molecule has 2 aliphatic heterocycles. The average molecular weight is 494 g/mol. The van der Waals surface area contributed by atoms with Gasteiger partial charge >= 0.3 is 6.18 Å². The van der Waals surface area contributed by atoms with Gasteiger partial charge in [-0.15, -0.1) is 0 Å². The maximum Gasteiger partial charge on any atom is 0.416 e. The fourth-order valence-electron chi connectivity index (χ4n) is 3.90. The number of benzene rings is 1. The summed E-state index contributed by atoms with van der Waals surface area (Å²) < 4.78 is 39.6. The predicted octanol–water partition coefficient (Wildman–Crippen LogP) is 4.60. The van der Waals surface area contributed by atoms with Crippen molar-refractivity contribution >= 4 is 23.7 Å². The van der Waals surface area contributed by atoms with Crippen molar-refractivity contribution in [3.8, 4) is 0 Å². The number of hydrogen-bond donors (Lipinski definition) is 2. The van der Waals surface area contributed by atoms with Crippen LogP contribution in [0.3, 0.4) is 0 Å². The number of nitrogens with zero attached hydrogens (tertiary/aromatic N) is 3. The van der Waals surface area contributed by atoms with Gasteiger partial charge in [-0.2, -0.15) is 13.2 Å². The number of alkyl halides is 3. The fourth-order valence-corrected chi connectivity index (χ4v) is 5.01. The molecule has 2 atom stereocenters. The van der Waals surface area contributed by atoms with Gasteiger partial charge in [0.2, 0.25) is 0 Å². The van der Waals surface area contributed by atoms with Crippen LogP contribution >= 0.6 is 11.8 Å². The minimum Gasteiger partial charge on any atom is -0.360 e. The Bertz CT molecular complexity index is 1030. The lowest BCUT2D eigenvalue weighted by Crippen LogP contribution is -2.32. The SMILES string of the molecule is CNC1NC(c2cc(C)cc(C(F)(F)F)c2)=C(CN2CCCC2C)S1.Cc1cnc(C=O)cn1. The molecule has 2 aliphatic rings. The second-order valence-corrected chi connectivity index (χ2v) is 9.68. The molecule has 0 aliphatic carbocycles. The molecule has 10 heteroatoms. The van der Waals surface area contributed by atoms with Gasteiger partial charge in [0.05, 0.1) is 23.2 Å². The summed E-state index contributed by atoms with van der Waals surface area (Å²) in [7, 11) is 1.85. The van der Waals surface area contributed by atoms with Gasteiger partial charge in [0.1, 0.15) is 11.2 Å². The number of nitrogens with one attached hydrogen (secondary N) is 2. The number of aromatic nitrogens is 2. The van der Waals surface area contributed by atoms with E-state index in [2.05, 4.69) is 32.4 Å². The number of carbonyl (C=O) groups excluding carboxylic acids is 1. The number of rotatable bonds is 5. The second-order valence-electron chi connectivity index (χ2n) is 8.48. The van der Waals surface area contributed by atoms with E-state index in [0.717, 1.165) is 29.4 Å². The lowest BCUT2D eigenvalue weighted by atomic mass is 10.0. The van der Waals surface area contributed by atoms with Gasteiger partial charge < -0.3 is 5.32 Å². The monoisotopic (exact) mass is 493 g/mol. The van der Waals surface area contributed by atoms with Gasteiger partial charge in [-0.25, -0.2) is 4.98 Å². The van der Waals surface area contributed by atoms with E-state index in [1.165, 1.54) is 31.2 Å². The van der Waals surface area contributed by atoms with Crippen LogP contribution in [0.5, 0.6) is 0 Å². The van der Waals surface area contributed by atoms with Gasteiger partial charge in [-0.05, 0) is 76.5 Å². The number of likely N-dealkylation sites (tertiary alicyclic amines) is 1. The summed E-state index contributed by atoms with van der Waals surface area (Å²) in [4.78, 5) is 21.1. The van der Waals surface area contributed by atoms with Crippen molar-refractivity contribution in [2.75, 3.05) is 20.1 Å². The normalized spacial score (nSPS) is 20.7. The van der Waals surface area contributed by atoms with Crippen LogP contribution in [-0.4, -0.2) is 52.8 Å². The van der Waals surface area contributed by atoms with Crippen molar-refractivity contribution < 1.29 is 18.0 Å².